The molecule has 0 saturated heterocycles. The van der Waals surface area contributed by atoms with Gasteiger partial charge >= 0.3 is 0 Å². The number of amides is 2. The first kappa shape index (κ1) is 18.9. The number of hydrogen-bond donors (Lipinski definition) is 0. The fraction of sp³-hybridized carbons (Fsp3) is 0.120. The molecule has 6 heteroatoms. The van der Waals surface area contributed by atoms with E-state index in [9.17, 15) is 14.4 Å². The molecule has 0 fully saturated rings. The number of imide groups is 1. The fourth-order valence-electron chi connectivity index (χ4n) is 3.97. The van der Waals surface area contributed by atoms with Crippen molar-refractivity contribution in [1.82, 2.24) is 9.55 Å². The number of anilines is 1. The summed E-state index contributed by atoms with van der Waals surface area (Å²) in [5.74, 6) is -0.437. The first-order chi connectivity index (χ1) is 15.0. The third-order valence-electron chi connectivity index (χ3n) is 5.58. The van der Waals surface area contributed by atoms with Gasteiger partial charge in [-0.3, -0.25) is 19.0 Å². The summed E-state index contributed by atoms with van der Waals surface area (Å²) in [5.41, 5.74) is 3.88. The van der Waals surface area contributed by atoms with E-state index in [0.717, 1.165) is 16.0 Å². The first-order valence-corrected chi connectivity index (χ1v) is 10.1. The molecule has 2 heterocycles. The highest BCUT2D eigenvalue weighted by Gasteiger charge is 2.37. The van der Waals surface area contributed by atoms with Crippen LogP contribution in [0.15, 0.2) is 66.7 Å². The Morgan fingerprint density at radius 1 is 0.903 bits per heavy atom. The summed E-state index contributed by atoms with van der Waals surface area (Å²) in [4.78, 5) is 45.0. The Bertz CT molecular complexity index is 1380. The van der Waals surface area contributed by atoms with Crippen molar-refractivity contribution in [3.05, 3.63) is 94.8 Å². The van der Waals surface area contributed by atoms with Gasteiger partial charge in [0.2, 0.25) is 0 Å². The average molecular weight is 409 g/mol. The summed E-state index contributed by atoms with van der Waals surface area (Å²) < 4.78 is 1.58. The van der Waals surface area contributed by atoms with E-state index < -0.39 is 5.91 Å². The van der Waals surface area contributed by atoms with Crippen molar-refractivity contribution in [1.29, 1.82) is 0 Å². The predicted molar refractivity (Wildman–Crippen MR) is 118 cm³/mol. The van der Waals surface area contributed by atoms with Crippen LogP contribution in [0.4, 0.5) is 5.69 Å². The van der Waals surface area contributed by atoms with Crippen molar-refractivity contribution in [3.8, 4) is 0 Å². The number of para-hydroxylation sites is 2. The predicted octanol–water partition coefficient (Wildman–Crippen LogP) is 4.40. The van der Waals surface area contributed by atoms with Crippen LogP contribution >= 0.6 is 0 Å². The van der Waals surface area contributed by atoms with E-state index in [-0.39, 0.29) is 17.4 Å². The van der Waals surface area contributed by atoms with Crippen molar-refractivity contribution < 1.29 is 14.4 Å². The van der Waals surface area contributed by atoms with Gasteiger partial charge < -0.3 is 0 Å². The van der Waals surface area contributed by atoms with Gasteiger partial charge in [0.1, 0.15) is 5.82 Å². The van der Waals surface area contributed by atoms with E-state index >= 15 is 0 Å². The van der Waals surface area contributed by atoms with Crippen molar-refractivity contribution >= 4 is 34.4 Å². The van der Waals surface area contributed by atoms with Crippen LogP contribution in [0.5, 0.6) is 0 Å². The fourth-order valence-corrected chi connectivity index (χ4v) is 3.97. The molecule has 0 aliphatic carbocycles. The Hall–Kier alpha value is -4.06. The van der Waals surface area contributed by atoms with E-state index in [1.165, 1.54) is 6.07 Å². The number of carbonyl (C=O) groups excluding carboxylic acids is 3. The van der Waals surface area contributed by atoms with E-state index in [0.29, 0.717) is 34.6 Å². The largest absolute Gasteiger partial charge is 0.268 e. The molecule has 0 bridgehead atoms. The van der Waals surface area contributed by atoms with Crippen molar-refractivity contribution in [2.24, 2.45) is 0 Å². The third kappa shape index (κ3) is 2.87. The van der Waals surface area contributed by atoms with E-state index in [1.807, 2.05) is 50.2 Å². The smallest absolute Gasteiger partial charge is 0.266 e. The third-order valence-corrected chi connectivity index (χ3v) is 5.58. The summed E-state index contributed by atoms with van der Waals surface area (Å²) in [6, 6.07) is 19.3. The molecule has 5 rings (SSSR count). The Labute approximate surface area is 178 Å². The Morgan fingerprint density at radius 2 is 1.61 bits per heavy atom. The van der Waals surface area contributed by atoms with Crippen LogP contribution < -0.4 is 4.90 Å². The molecular formula is C25H19N3O3. The summed E-state index contributed by atoms with van der Waals surface area (Å²) in [6.07, 6.45) is 0.587. The molecule has 2 amide bonds. The van der Waals surface area contributed by atoms with Gasteiger partial charge in [-0.05, 0) is 49.4 Å². The van der Waals surface area contributed by atoms with Crippen LogP contribution in [0.3, 0.4) is 0 Å². The highest BCUT2D eigenvalue weighted by atomic mass is 16.2. The van der Waals surface area contributed by atoms with Crippen LogP contribution in [0.1, 0.15) is 49.4 Å². The number of fused-ring (bicyclic) bond motifs is 2. The molecule has 1 aliphatic rings. The van der Waals surface area contributed by atoms with E-state index in [4.69, 9.17) is 0 Å². The van der Waals surface area contributed by atoms with Crippen molar-refractivity contribution in [2.45, 2.75) is 20.3 Å². The molecule has 4 aromatic rings. The lowest BCUT2D eigenvalue weighted by atomic mass is 10.1. The summed E-state index contributed by atoms with van der Waals surface area (Å²) in [5, 5.41) is 0. The molecular weight excluding hydrogens is 390 g/mol. The van der Waals surface area contributed by atoms with Gasteiger partial charge in [0.25, 0.3) is 17.7 Å². The number of aryl methyl sites for hydroxylation is 2. The second kappa shape index (κ2) is 7.02. The number of benzene rings is 3. The standard InChI is InChI=1S/C25H19N3O3/c1-3-22-26-20-6-4-5-7-21(20)28(22)23(29)16-10-13-18-19(14-16)25(31)27(24(18)30)17-11-8-15(2)9-12-17/h4-14H,3H2,1-2H3. The van der Waals surface area contributed by atoms with Crippen LogP contribution in [0, 0.1) is 6.92 Å². The molecule has 0 N–H and O–H groups in total. The summed E-state index contributed by atoms with van der Waals surface area (Å²) in [7, 11) is 0. The molecule has 152 valence electrons. The lowest BCUT2D eigenvalue weighted by Gasteiger charge is -2.13. The number of hydrogen-bond acceptors (Lipinski definition) is 4. The minimum atomic E-state index is -0.426. The van der Waals surface area contributed by atoms with Crippen LogP contribution in [0.25, 0.3) is 11.0 Å². The quantitative estimate of drug-likeness (QED) is 0.470. The van der Waals surface area contributed by atoms with Gasteiger partial charge in [0.05, 0.1) is 27.8 Å². The maximum Gasteiger partial charge on any atom is 0.266 e. The second-order valence-corrected chi connectivity index (χ2v) is 7.55. The highest BCUT2D eigenvalue weighted by molar-refractivity contribution is 6.34. The zero-order chi connectivity index (χ0) is 21.7. The zero-order valence-corrected chi connectivity index (χ0v) is 17.1. The Morgan fingerprint density at radius 3 is 2.35 bits per heavy atom. The minimum absolute atomic E-state index is 0.235. The molecule has 0 saturated carbocycles. The molecule has 0 radical (unpaired) electrons. The topological polar surface area (TPSA) is 72.3 Å². The average Bonchev–Trinajstić information content (AvgIpc) is 3.29. The monoisotopic (exact) mass is 409 g/mol. The highest BCUT2D eigenvalue weighted by Crippen LogP contribution is 2.30. The lowest BCUT2D eigenvalue weighted by Crippen LogP contribution is -2.29. The number of aromatic nitrogens is 2. The van der Waals surface area contributed by atoms with E-state index in [2.05, 4.69) is 4.98 Å². The van der Waals surface area contributed by atoms with Crippen molar-refractivity contribution in [3.63, 3.8) is 0 Å². The van der Waals surface area contributed by atoms with Gasteiger partial charge in [-0.15, -0.1) is 0 Å². The van der Waals surface area contributed by atoms with Gasteiger partial charge in [0, 0.05) is 12.0 Å². The molecule has 6 nitrogen and oxygen atoms in total. The Balaban J connectivity index is 1.57. The molecule has 1 aliphatic heterocycles. The molecule has 0 atom stereocenters. The van der Waals surface area contributed by atoms with Crippen molar-refractivity contribution in [2.75, 3.05) is 4.90 Å². The number of nitrogens with zero attached hydrogens (tertiary/aromatic N) is 3. The van der Waals surface area contributed by atoms with E-state index in [1.54, 1.807) is 28.8 Å². The second-order valence-electron chi connectivity index (χ2n) is 7.55. The van der Waals surface area contributed by atoms with Gasteiger partial charge in [0.15, 0.2) is 0 Å². The van der Waals surface area contributed by atoms with Gasteiger partial charge in [-0.2, -0.15) is 0 Å². The molecule has 0 spiro atoms. The maximum atomic E-state index is 13.4. The number of carbonyl (C=O) groups is 3. The Kier molecular flexibility index (Phi) is 4.29. The molecule has 1 aromatic heterocycles. The van der Waals surface area contributed by atoms with Crippen LogP contribution in [-0.2, 0) is 6.42 Å². The molecule has 31 heavy (non-hydrogen) atoms. The maximum absolute atomic E-state index is 13.4. The summed E-state index contributed by atoms with van der Waals surface area (Å²) >= 11 is 0. The SMILES string of the molecule is CCc1nc2ccccc2n1C(=O)c1ccc2c(c1)C(=O)N(c1ccc(C)cc1)C2=O. The summed E-state index contributed by atoms with van der Waals surface area (Å²) in [6.45, 7) is 3.88. The zero-order valence-electron chi connectivity index (χ0n) is 17.1. The number of rotatable bonds is 3. The van der Waals surface area contributed by atoms with Gasteiger partial charge in [-0.25, -0.2) is 9.88 Å². The minimum Gasteiger partial charge on any atom is -0.268 e. The number of imidazole rings is 1. The van der Waals surface area contributed by atoms with Crippen LogP contribution in [0.2, 0.25) is 0 Å². The van der Waals surface area contributed by atoms with Gasteiger partial charge in [-0.1, -0.05) is 36.8 Å². The first-order valence-electron chi connectivity index (χ1n) is 10.1. The molecule has 0 unspecified atom stereocenters. The lowest BCUT2D eigenvalue weighted by molar-refractivity contribution is 0.0924. The van der Waals surface area contributed by atoms with Crippen LogP contribution in [-0.4, -0.2) is 27.3 Å². The molecule has 3 aromatic carbocycles. The normalized spacial score (nSPS) is 13.2.